The highest BCUT2D eigenvalue weighted by Gasteiger charge is 2.75. The van der Waals surface area contributed by atoms with Crippen molar-refractivity contribution in [3.63, 3.8) is 0 Å². The molecule has 2 aromatic rings. The molecule has 21 heteroatoms. The largest absolute Gasteiger partial charge is 0.460 e. The Kier molecular flexibility index (Phi) is 13.3. The predicted molar refractivity (Wildman–Crippen MR) is 159 cm³/mol. The van der Waals surface area contributed by atoms with Gasteiger partial charge in [0.05, 0.1) is 13.0 Å². The molecule has 6 atom stereocenters. The monoisotopic (exact) mass is 781 g/mol. The summed E-state index contributed by atoms with van der Waals surface area (Å²) in [5.41, 5.74) is 1.58. The summed E-state index contributed by atoms with van der Waals surface area (Å²) in [4.78, 5) is 12.0. The van der Waals surface area contributed by atoms with Crippen LogP contribution < -0.4 is 5.32 Å². The first-order chi connectivity index (χ1) is 24.2. The molecule has 4 rings (SSSR count). The number of benzene rings is 2. The quantitative estimate of drug-likeness (QED) is 0.100. The molecule has 0 spiro atoms. The van der Waals surface area contributed by atoms with Gasteiger partial charge in [0.15, 0.2) is 18.7 Å². The molecular formula is C31H35F8NO11S. The molecule has 0 aromatic heterocycles. The number of carbonyl (C=O) groups excluding carboxylic acids is 1. The van der Waals surface area contributed by atoms with Crippen molar-refractivity contribution in [3.05, 3.63) is 71.3 Å². The minimum Gasteiger partial charge on any atom is -0.356 e. The highest BCUT2D eigenvalue weighted by Crippen LogP contribution is 2.49. The van der Waals surface area contributed by atoms with Crippen LogP contribution in [0.15, 0.2) is 54.6 Å². The van der Waals surface area contributed by atoms with E-state index in [0.717, 1.165) is 12.7 Å². The van der Waals surface area contributed by atoms with E-state index >= 15 is 8.78 Å². The first-order valence-corrected chi connectivity index (χ1v) is 16.8. The second-order valence-corrected chi connectivity index (χ2v) is 13.1. The van der Waals surface area contributed by atoms with E-state index in [1.54, 1.807) is 49.4 Å². The van der Waals surface area contributed by atoms with E-state index in [2.05, 4.69) is 8.92 Å². The molecule has 12 nitrogen and oxygen atoms in total. The zero-order valence-corrected chi connectivity index (χ0v) is 28.4. The average molecular weight is 782 g/mol. The third-order valence-electron chi connectivity index (χ3n) is 7.70. The molecule has 292 valence electrons. The van der Waals surface area contributed by atoms with Crippen LogP contribution in [-0.2, 0) is 58.8 Å². The SMILES string of the molecule is CCOCO[C@@H]1[C@H](OS(=O)(=O)C(F)(F)C(F)(F)OC(F)(F)C(F)(F)CC(=O)NCc2ccc(C)cc2)[C@H](OC)O[C@@H]2COC(c3ccccc3)O[C@@H]12. The van der Waals surface area contributed by atoms with Crippen molar-refractivity contribution in [1.82, 2.24) is 5.32 Å². The lowest BCUT2D eigenvalue weighted by Gasteiger charge is -2.48. The number of rotatable bonds is 17. The molecule has 2 aromatic carbocycles. The first-order valence-electron chi connectivity index (χ1n) is 15.4. The zero-order valence-electron chi connectivity index (χ0n) is 27.6. The fourth-order valence-electron chi connectivity index (χ4n) is 4.94. The average Bonchev–Trinajstić information content (AvgIpc) is 3.07. The summed E-state index contributed by atoms with van der Waals surface area (Å²) in [6.07, 6.45) is -25.9. The molecule has 0 aliphatic carbocycles. The van der Waals surface area contributed by atoms with Crippen LogP contribution in [0.4, 0.5) is 35.1 Å². The summed E-state index contributed by atoms with van der Waals surface area (Å²) >= 11 is 0. The zero-order chi connectivity index (χ0) is 38.5. The van der Waals surface area contributed by atoms with Gasteiger partial charge in [0, 0.05) is 25.8 Å². The van der Waals surface area contributed by atoms with Gasteiger partial charge in [-0.25, -0.2) is 4.74 Å². The highest BCUT2D eigenvalue weighted by molar-refractivity contribution is 7.87. The van der Waals surface area contributed by atoms with E-state index in [0.29, 0.717) is 11.1 Å². The van der Waals surface area contributed by atoms with Crippen molar-refractivity contribution < 1.29 is 85.7 Å². The summed E-state index contributed by atoms with van der Waals surface area (Å²) in [6, 6.07) is 14.2. The Hall–Kier alpha value is -3.02. The number of methoxy groups -OCH3 is 1. The van der Waals surface area contributed by atoms with Crippen LogP contribution in [0.25, 0.3) is 0 Å². The van der Waals surface area contributed by atoms with Gasteiger partial charge in [-0.15, -0.1) is 0 Å². The molecule has 0 saturated carbocycles. The molecule has 0 bridgehead atoms. The standard InChI is InChI=1S/C31H35F8NO11S/c1-4-45-17-47-24-23-21(16-46-26(49-23)20-8-6-5-7-9-20)48-27(44-3)25(24)50-52(42,43)31(38,39)30(36,37)51-29(34,35)28(32,33)14-22(41)40-15-19-12-10-18(2)11-13-19/h5-13,21,23-27H,4,14-17H2,1-3H3,(H,40,41)/t21-,23-,24+,25+,26?,27-/m1/s1. The number of carbonyl (C=O) groups is 1. The number of ether oxygens (including phenoxy) is 7. The van der Waals surface area contributed by atoms with Gasteiger partial charge in [0.25, 0.3) is 0 Å². The Morgan fingerprint density at radius 2 is 1.58 bits per heavy atom. The summed E-state index contributed by atoms with van der Waals surface area (Å²) in [6.45, 7) is 1.91. The number of alkyl halides is 8. The molecule has 1 amide bonds. The van der Waals surface area contributed by atoms with Gasteiger partial charge in [0.2, 0.25) is 5.91 Å². The molecule has 2 aliphatic heterocycles. The van der Waals surface area contributed by atoms with Crippen LogP contribution in [0, 0.1) is 6.92 Å². The van der Waals surface area contributed by atoms with E-state index < -0.39 is 96.2 Å². The van der Waals surface area contributed by atoms with Crippen LogP contribution in [0.2, 0.25) is 0 Å². The maximum Gasteiger partial charge on any atom is 0.460 e. The molecule has 52 heavy (non-hydrogen) atoms. The Balaban J connectivity index is 1.52. The van der Waals surface area contributed by atoms with Crippen LogP contribution in [0.5, 0.6) is 0 Å². The summed E-state index contributed by atoms with van der Waals surface area (Å²) < 4.78 is 183. The van der Waals surface area contributed by atoms with Gasteiger partial charge in [0.1, 0.15) is 25.1 Å². The third-order valence-corrected chi connectivity index (χ3v) is 9.04. The molecule has 2 fully saturated rings. The van der Waals surface area contributed by atoms with Crippen molar-refractivity contribution in [1.29, 1.82) is 0 Å². The topological polar surface area (TPSA) is 137 Å². The minimum atomic E-state index is -7.14. The van der Waals surface area contributed by atoms with E-state index in [-0.39, 0.29) is 13.2 Å². The molecule has 1 N–H and O–H groups in total. The lowest BCUT2D eigenvalue weighted by molar-refractivity contribution is -0.455. The van der Waals surface area contributed by atoms with Crippen molar-refractivity contribution in [2.45, 2.75) is 87.2 Å². The van der Waals surface area contributed by atoms with E-state index in [9.17, 15) is 39.6 Å². The number of hydrogen-bond acceptors (Lipinski definition) is 11. The van der Waals surface area contributed by atoms with Gasteiger partial charge in [-0.2, -0.15) is 43.5 Å². The Bertz CT molecular complexity index is 1590. The smallest absolute Gasteiger partial charge is 0.356 e. The van der Waals surface area contributed by atoms with Gasteiger partial charge in [-0.1, -0.05) is 60.2 Å². The van der Waals surface area contributed by atoms with Crippen LogP contribution in [0.1, 0.15) is 36.3 Å². The maximum atomic E-state index is 15.1. The van der Waals surface area contributed by atoms with E-state index in [1.165, 1.54) is 19.1 Å². The number of hydrogen-bond donors (Lipinski definition) is 1. The van der Waals surface area contributed by atoms with Crippen molar-refractivity contribution in [2.24, 2.45) is 0 Å². The lowest BCUT2D eigenvalue weighted by atomic mass is 9.97. The maximum absolute atomic E-state index is 15.1. The Morgan fingerprint density at radius 3 is 2.19 bits per heavy atom. The lowest BCUT2D eigenvalue weighted by Crippen LogP contribution is -2.65. The van der Waals surface area contributed by atoms with Crippen LogP contribution in [0.3, 0.4) is 0 Å². The van der Waals surface area contributed by atoms with Gasteiger partial charge in [-0.3, -0.25) is 8.98 Å². The van der Waals surface area contributed by atoms with Gasteiger partial charge < -0.3 is 33.7 Å². The third kappa shape index (κ3) is 9.37. The number of fused-ring (bicyclic) bond motifs is 1. The number of nitrogens with one attached hydrogen (secondary N) is 1. The molecule has 2 aliphatic rings. The second-order valence-electron chi connectivity index (χ2n) is 11.5. The van der Waals surface area contributed by atoms with E-state index in [4.69, 9.17) is 28.4 Å². The number of halogens is 8. The number of amides is 1. The highest BCUT2D eigenvalue weighted by atomic mass is 32.2. The molecule has 0 radical (unpaired) electrons. The van der Waals surface area contributed by atoms with Crippen LogP contribution in [-0.4, -0.2) is 95.5 Å². The Labute approximate surface area is 292 Å². The molecule has 1 unspecified atom stereocenters. The summed E-state index contributed by atoms with van der Waals surface area (Å²) in [5.74, 6) is -7.65. The van der Waals surface area contributed by atoms with Crippen molar-refractivity contribution in [2.75, 3.05) is 27.1 Å². The van der Waals surface area contributed by atoms with Gasteiger partial charge in [-0.05, 0) is 19.4 Å². The summed E-state index contributed by atoms with van der Waals surface area (Å²) in [7, 11) is -6.25. The Morgan fingerprint density at radius 1 is 0.923 bits per heavy atom. The van der Waals surface area contributed by atoms with E-state index in [1.807, 2.05) is 5.32 Å². The van der Waals surface area contributed by atoms with Crippen molar-refractivity contribution >= 4 is 16.0 Å². The van der Waals surface area contributed by atoms with Crippen LogP contribution >= 0.6 is 0 Å². The minimum absolute atomic E-state index is 0.0281. The predicted octanol–water partition coefficient (Wildman–Crippen LogP) is 5.01. The molecule has 2 saturated heterocycles. The van der Waals surface area contributed by atoms with Crippen molar-refractivity contribution in [3.8, 4) is 0 Å². The molecular weight excluding hydrogens is 746 g/mol. The second kappa shape index (κ2) is 16.6. The normalized spacial score (nSPS) is 24.7. The molecule has 2 heterocycles. The number of aryl methyl sites for hydroxylation is 1. The summed E-state index contributed by atoms with van der Waals surface area (Å²) in [5, 5.41) is -4.93. The first kappa shape index (κ1) is 41.7. The fraction of sp³-hybridized carbons (Fsp3) is 0.581. The fourth-order valence-corrected chi connectivity index (χ4v) is 5.89. The van der Waals surface area contributed by atoms with Gasteiger partial charge >= 0.3 is 33.5 Å².